The van der Waals surface area contributed by atoms with Crippen molar-refractivity contribution >= 4 is 57.8 Å². The molecule has 0 N–H and O–H groups in total. The van der Waals surface area contributed by atoms with Gasteiger partial charge >= 0.3 is 0 Å². The van der Waals surface area contributed by atoms with Crippen LogP contribution in [-0.2, 0) is 9.59 Å². The Kier molecular flexibility index (Phi) is 4.91. The first-order valence-electron chi connectivity index (χ1n) is 7.07. The Morgan fingerprint density at radius 2 is 1.79 bits per heavy atom. The maximum atomic E-state index is 12.6. The van der Waals surface area contributed by atoms with Gasteiger partial charge in [-0.25, -0.2) is 4.90 Å². The Balaban J connectivity index is 1.85. The molecule has 0 bridgehead atoms. The summed E-state index contributed by atoms with van der Waals surface area (Å²) >= 11 is 3.23. The van der Waals surface area contributed by atoms with Crippen LogP contribution in [0.1, 0.15) is 16.8 Å². The number of thioether (sulfide) groups is 1. The summed E-state index contributed by atoms with van der Waals surface area (Å²) in [6.07, 6.45) is 0.0386. The van der Waals surface area contributed by atoms with E-state index in [-0.39, 0.29) is 23.8 Å². The molecule has 3 rings (SSSR count). The van der Waals surface area contributed by atoms with Gasteiger partial charge in [0.25, 0.3) is 0 Å². The fourth-order valence-electron chi connectivity index (χ4n) is 2.45. The molecule has 2 aromatic rings. The Labute approximate surface area is 156 Å². The van der Waals surface area contributed by atoms with Crippen molar-refractivity contribution in [2.45, 2.75) is 16.6 Å². The lowest BCUT2D eigenvalue weighted by Crippen LogP contribution is -2.31. The van der Waals surface area contributed by atoms with Gasteiger partial charge in [0, 0.05) is 20.4 Å². The number of amides is 2. The van der Waals surface area contributed by atoms with Crippen LogP contribution in [0.2, 0.25) is 0 Å². The molecule has 5 nitrogen and oxygen atoms in total. The zero-order valence-corrected chi connectivity index (χ0v) is 15.2. The molecule has 24 heavy (non-hydrogen) atoms. The number of imide groups is 1. The predicted molar refractivity (Wildman–Crippen MR) is 96.7 cm³/mol. The first-order chi connectivity index (χ1) is 11.5. The lowest BCUT2D eigenvalue weighted by atomic mass is 10.2. The Morgan fingerprint density at radius 1 is 1.12 bits per heavy atom. The van der Waals surface area contributed by atoms with Crippen molar-refractivity contribution in [1.29, 1.82) is 0 Å². The van der Waals surface area contributed by atoms with Crippen LogP contribution in [0, 0.1) is 3.57 Å². The third-order valence-corrected chi connectivity index (χ3v) is 5.55. The van der Waals surface area contributed by atoms with E-state index in [4.69, 9.17) is 0 Å². The van der Waals surface area contributed by atoms with Crippen molar-refractivity contribution in [1.82, 2.24) is 0 Å². The second-order valence-electron chi connectivity index (χ2n) is 5.14. The molecular weight excluding hydrogens is 441 g/mol. The summed E-state index contributed by atoms with van der Waals surface area (Å²) < 4.78 is 1.00. The second-order valence-corrected chi connectivity index (χ2v) is 7.63. The Morgan fingerprint density at radius 3 is 2.46 bits per heavy atom. The van der Waals surface area contributed by atoms with Gasteiger partial charge in [0.05, 0.1) is 16.9 Å². The van der Waals surface area contributed by atoms with Gasteiger partial charge < -0.3 is 9.90 Å². The summed E-state index contributed by atoms with van der Waals surface area (Å²) in [7, 11) is 0. The number of hydrogen-bond acceptors (Lipinski definition) is 5. The molecule has 1 aliphatic rings. The van der Waals surface area contributed by atoms with Crippen LogP contribution in [0.25, 0.3) is 0 Å². The molecule has 122 valence electrons. The molecule has 1 heterocycles. The highest BCUT2D eigenvalue weighted by Gasteiger charge is 2.40. The smallest absolute Gasteiger partial charge is 0.247 e. The molecule has 0 unspecified atom stereocenters. The van der Waals surface area contributed by atoms with Crippen LogP contribution < -0.4 is 10.0 Å². The lowest BCUT2D eigenvalue weighted by Gasteiger charge is -2.16. The molecule has 0 aliphatic carbocycles. The fourth-order valence-corrected chi connectivity index (χ4v) is 3.98. The summed E-state index contributed by atoms with van der Waals surface area (Å²) in [6, 6.07) is 13.4. The molecule has 2 aromatic carbocycles. The zero-order valence-electron chi connectivity index (χ0n) is 12.3. The molecule has 0 aromatic heterocycles. The van der Waals surface area contributed by atoms with Crippen molar-refractivity contribution in [3.8, 4) is 0 Å². The molecule has 7 heteroatoms. The monoisotopic (exact) mass is 452 g/mol. The number of anilines is 1. The van der Waals surface area contributed by atoms with Crippen molar-refractivity contribution < 1.29 is 19.5 Å². The third kappa shape index (κ3) is 3.32. The zero-order chi connectivity index (χ0) is 17.3. The van der Waals surface area contributed by atoms with Gasteiger partial charge in [0.1, 0.15) is 0 Å². The number of carboxylic acids is 1. The first-order valence-corrected chi connectivity index (χ1v) is 9.02. The number of carbonyl (C=O) groups is 3. The van der Waals surface area contributed by atoms with E-state index in [2.05, 4.69) is 22.6 Å². The highest BCUT2D eigenvalue weighted by Crippen LogP contribution is 2.35. The third-order valence-electron chi connectivity index (χ3n) is 3.57. The number of halogens is 1. The number of carboxylic acid groups (broad SMARTS) is 1. The standard InChI is InChI=1S/C17H12INO4S/c18-10-5-7-11(8-6-10)19-15(20)9-14(16(19)21)24-13-4-2-1-3-12(13)17(22)23/h1-8,14H,9H2,(H,22,23)/p-1/t14-/m0/s1. The SMILES string of the molecule is O=C([O-])c1ccccc1S[C@H]1CC(=O)N(c2ccc(I)cc2)C1=O. The van der Waals surface area contributed by atoms with E-state index in [9.17, 15) is 19.5 Å². The van der Waals surface area contributed by atoms with Crippen LogP contribution >= 0.6 is 34.4 Å². The minimum Gasteiger partial charge on any atom is -0.545 e. The van der Waals surface area contributed by atoms with E-state index in [1.165, 1.54) is 6.07 Å². The van der Waals surface area contributed by atoms with Crippen LogP contribution in [-0.4, -0.2) is 23.0 Å². The van der Waals surface area contributed by atoms with Crippen LogP contribution in [0.4, 0.5) is 5.69 Å². The van der Waals surface area contributed by atoms with Crippen molar-refractivity contribution in [3.05, 3.63) is 57.7 Å². The van der Waals surface area contributed by atoms with E-state index >= 15 is 0 Å². The quantitative estimate of drug-likeness (QED) is 0.525. The van der Waals surface area contributed by atoms with Gasteiger partial charge in [0.2, 0.25) is 11.8 Å². The molecular formula is C17H11INO4S-. The van der Waals surface area contributed by atoms with Crippen molar-refractivity contribution in [2.24, 2.45) is 0 Å². The first kappa shape index (κ1) is 17.0. The van der Waals surface area contributed by atoms with Gasteiger partial charge in [0.15, 0.2) is 0 Å². The van der Waals surface area contributed by atoms with Crippen molar-refractivity contribution in [3.63, 3.8) is 0 Å². The maximum absolute atomic E-state index is 12.6. The summed E-state index contributed by atoms with van der Waals surface area (Å²) in [5, 5.41) is 10.5. The van der Waals surface area contributed by atoms with E-state index in [1.54, 1.807) is 30.3 Å². The van der Waals surface area contributed by atoms with Crippen LogP contribution in [0.15, 0.2) is 53.4 Å². The Bertz CT molecular complexity index is 822. The molecule has 1 aliphatic heterocycles. The molecule has 1 atom stereocenters. The highest BCUT2D eigenvalue weighted by molar-refractivity contribution is 14.1. The van der Waals surface area contributed by atoms with E-state index < -0.39 is 11.2 Å². The number of aromatic carboxylic acids is 1. The second kappa shape index (κ2) is 6.94. The van der Waals surface area contributed by atoms with E-state index in [1.807, 2.05) is 12.1 Å². The number of rotatable bonds is 4. The van der Waals surface area contributed by atoms with Gasteiger partial charge in [-0.15, -0.1) is 11.8 Å². The average molecular weight is 452 g/mol. The van der Waals surface area contributed by atoms with Crippen LogP contribution in [0.5, 0.6) is 0 Å². The van der Waals surface area contributed by atoms with Gasteiger partial charge in [-0.3, -0.25) is 9.59 Å². The van der Waals surface area contributed by atoms with Gasteiger partial charge in [-0.2, -0.15) is 0 Å². The lowest BCUT2D eigenvalue weighted by molar-refractivity contribution is -0.255. The normalized spacial score (nSPS) is 17.4. The molecule has 1 saturated heterocycles. The number of hydrogen-bond donors (Lipinski definition) is 0. The van der Waals surface area contributed by atoms with Gasteiger partial charge in [-0.1, -0.05) is 18.2 Å². The van der Waals surface area contributed by atoms with E-state index in [0.29, 0.717) is 10.6 Å². The summed E-state index contributed by atoms with van der Waals surface area (Å²) in [4.78, 5) is 37.6. The van der Waals surface area contributed by atoms with Crippen LogP contribution in [0.3, 0.4) is 0 Å². The number of carbonyl (C=O) groups excluding carboxylic acids is 3. The van der Waals surface area contributed by atoms with E-state index in [0.717, 1.165) is 20.2 Å². The minimum atomic E-state index is -1.30. The summed E-state index contributed by atoms with van der Waals surface area (Å²) in [6.45, 7) is 0. The molecule has 0 radical (unpaired) electrons. The van der Waals surface area contributed by atoms with Gasteiger partial charge in [-0.05, 0) is 52.9 Å². The van der Waals surface area contributed by atoms with Crippen molar-refractivity contribution in [2.75, 3.05) is 4.90 Å². The number of nitrogens with zero attached hydrogens (tertiary/aromatic N) is 1. The molecule has 0 spiro atoms. The largest absolute Gasteiger partial charge is 0.545 e. The number of benzene rings is 2. The Hall–Kier alpha value is -1.87. The predicted octanol–water partition coefficient (Wildman–Crippen LogP) is 2.08. The molecule has 1 fully saturated rings. The summed E-state index contributed by atoms with van der Waals surface area (Å²) in [5.74, 6) is -1.92. The fraction of sp³-hybridized carbons (Fsp3) is 0.118. The highest BCUT2D eigenvalue weighted by atomic mass is 127. The topological polar surface area (TPSA) is 77.5 Å². The minimum absolute atomic E-state index is 0.0236. The average Bonchev–Trinajstić information content (AvgIpc) is 2.83. The maximum Gasteiger partial charge on any atom is 0.247 e. The molecule has 2 amide bonds. The molecule has 0 saturated carbocycles. The summed E-state index contributed by atoms with van der Waals surface area (Å²) in [5.41, 5.74) is 0.553.